The van der Waals surface area contributed by atoms with Crippen molar-refractivity contribution in [3.05, 3.63) is 11.7 Å². The zero-order valence-corrected chi connectivity index (χ0v) is 12.6. The molecule has 5 nitrogen and oxygen atoms in total. The molecule has 20 heavy (non-hydrogen) atoms. The molecule has 0 unspecified atom stereocenters. The second kappa shape index (κ2) is 6.22. The Balaban J connectivity index is 1.57. The maximum atomic E-state index is 5.42. The van der Waals surface area contributed by atoms with Crippen LogP contribution in [0.3, 0.4) is 0 Å². The predicted octanol–water partition coefficient (Wildman–Crippen LogP) is 2.16. The lowest BCUT2D eigenvalue weighted by Gasteiger charge is -2.31. The van der Waals surface area contributed by atoms with Gasteiger partial charge < -0.3 is 9.84 Å². The van der Waals surface area contributed by atoms with Crippen LogP contribution in [0.4, 0.5) is 0 Å². The van der Waals surface area contributed by atoms with Crippen LogP contribution in [0.1, 0.15) is 57.2 Å². The molecular weight excluding hydrogens is 252 g/mol. The van der Waals surface area contributed by atoms with Gasteiger partial charge in [0.2, 0.25) is 5.89 Å². The van der Waals surface area contributed by atoms with E-state index in [-0.39, 0.29) is 0 Å². The van der Waals surface area contributed by atoms with Gasteiger partial charge in [-0.2, -0.15) is 4.98 Å². The van der Waals surface area contributed by atoms with Gasteiger partial charge in [0.25, 0.3) is 0 Å². The number of rotatable bonds is 6. The average Bonchev–Trinajstić information content (AvgIpc) is 3.19. The number of aromatic nitrogens is 2. The van der Waals surface area contributed by atoms with Gasteiger partial charge in [0.15, 0.2) is 5.82 Å². The first-order valence-electron chi connectivity index (χ1n) is 7.99. The van der Waals surface area contributed by atoms with Gasteiger partial charge in [-0.25, -0.2) is 0 Å². The van der Waals surface area contributed by atoms with E-state index in [2.05, 4.69) is 34.2 Å². The molecule has 0 bridgehead atoms. The van der Waals surface area contributed by atoms with Crippen molar-refractivity contribution in [1.82, 2.24) is 20.4 Å². The van der Waals surface area contributed by atoms with Gasteiger partial charge in [0, 0.05) is 18.5 Å². The van der Waals surface area contributed by atoms with Gasteiger partial charge in [-0.3, -0.25) is 4.90 Å². The van der Waals surface area contributed by atoms with Crippen molar-refractivity contribution in [3.63, 3.8) is 0 Å². The van der Waals surface area contributed by atoms with Crippen molar-refractivity contribution in [2.45, 2.75) is 58.0 Å². The Hall–Kier alpha value is -0.940. The molecule has 0 amide bonds. The Kier molecular flexibility index (Phi) is 4.36. The minimum Gasteiger partial charge on any atom is -0.338 e. The van der Waals surface area contributed by atoms with E-state index < -0.39 is 0 Å². The lowest BCUT2D eigenvalue weighted by Crippen LogP contribution is -2.39. The fourth-order valence-electron chi connectivity index (χ4n) is 2.87. The monoisotopic (exact) mass is 278 g/mol. The Labute approximate surface area is 121 Å². The third-order valence-electron chi connectivity index (χ3n) is 4.45. The van der Waals surface area contributed by atoms with Gasteiger partial charge in [-0.1, -0.05) is 5.16 Å². The molecule has 1 aliphatic carbocycles. The molecule has 1 aromatic heterocycles. The number of hydrogen-bond acceptors (Lipinski definition) is 5. The summed E-state index contributed by atoms with van der Waals surface area (Å²) in [6, 6.07) is 0.515. The molecule has 5 heteroatoms. The highest BCUT2D eigenvalue weighted by Crippen LogP contribution is 2.38. The summed E-state index contributed by atoms with van der Waals surface area (Å²) in [6.45, 7) is 8.74. The highest BCUT2D eigenvalue weighted by atomic mass is 16.5. The molecule has 1 saturated carbocycles. The van der Waals surface area contributed by atoms with Crippen molar-refractivity contribution in [3.8, 4) is 0 Å². The highest BCUT2D eigenvalue weighted by molar-refractivity contribution is 5.03. The third-order valence-corrected chi connectivity index (χ3v) is 4.45. The van der Waals surface area contributed by atoms with Crippen LogP contribution in [0.2, 0.25) is 0 Å². The smallest absolute Gasteiger partial charge is 0.240 e. The second-order valence-corrected chi connectivity index (χ2v) is 6.54. The molecule has 2 fully saturated rings. The van der Waals surface area contributed by atoms with Crippen LogP contribution in [0.5, 0.6) is 0 Å². The Morgan fingerprint density at radius 1 is 1.25 bits per heavy atom. The lowest BCUT2D eigenvalue weighted by atomic mass is 9.97. The van der Waals surface area contributed by atoms with E-state index in [0.29, 0.717) is 12.0 Å². The summed E-state index contributed by atoms with van der Waals surface area (Å²) >= 11 is 0. The molecule has 1 N–H and O–H groups in total. The molecule has 1 saturated heterocycles. The van der Waals surface area contributed by atoms with Gasteiger partial charge in [0.05, 0.1) is 6.54 Å². The van der Waals surface area contributed by atoms with Gasteiger partial charge in [0.1, 0.15) is 0 Å². The molecule has 0 spiro atoms. The van der Waals surface area contributed by atoms with Crippen LogP contribution in [-0.4, -0.2) is 40.7 Å². The molecule has 0 atom stereocenters. The fraction of sp³-hybridized carbons (Fsp3) is 0.867. The first-order chi connectivity index (χ1) is 9.72. The number of piperidine rings is 1. The number of hydrogen-bond donors (Lipinski definition) is 1. The molecule has 0 aromatic carbocycles. The summed E-state index contributed by atoms with van der Waals surface area (Å²) in [5, 5.41) is 7.54. The average molecular weight is 278 g/mol. The third kappa shape index (κ3) is 3.58. The maximum Gasteiger partial charge on any atom is 0.240 e. The highest BCUT2D eigenvalue weighted by Gasteiger charge is 2.29. The topological polar surface area (TPSA) is 54.2 Å². The van der Waals surface area contributed by atoms with E-state index in [4.69, 9.17) is 4.52 Å². The van der Waals surface area contributed by atoms with Crippen LogP contribution >= 0.6 is 0 Å². The van der Waals surface area contributed by atoms with Crippen LogP contribution in [0, 0.1) is 5.92 Å². The van der Waals surface area contributed by atoms with Gasteiger partial charge in [-0.05, 0) is 58.5 Å². The summed E-state index contributed by atoms with van der Waals surface area (Å²) in [5.74, 6) is 3.08. The first-order valence-corrected chi connectivity index (χ1v) is 7.99. The Bertz CT molecular complexity index is 421. The van der Waals surface area contributed by atoms with Crippen LogP contribution in [0.15, 0.2) is 4.52 Å². The summed E-state index contributed by atoms with van der Waals surface area (Å²) in [5.41, 5.74) is 0. The Morgan fingerprint density at radius 3 is 2.65 bits per heavy atom. The van der Waals surface area contributed by atoms with Crippen LogP contribution in [0.25, 0.3) is 0 Å². The molecule has 3 rings (SSSR count). The SMILES string of the molecule is CC(C)N(Cc1nc(C2CC2)no1)CC1CCNCC1. The minimum absolute atomic E-state index is 0.515. The molecule has 2 aliphatic rings. The number of nitrogens with one attached hydrogen (secondary N) is 1. The van der Waals surface area contributed by atoms with Gasteiger partial charge in [-0.15, -0.1) is 0 Å². The fourth-order valence-corrected chi connectivity index (χ4v) is 2.87. The van der Waals surface area contributed by atoms with E-state index in [1.54, 1.807) is 0 Å². The maximum absolute atomic E-state index is 5.42. The van der Waals surface area contributed by atoms with Crippen LogP contribution in [-0.2, 0) is 6.54 Å². The predicted molar refractivity (Wildman–Crippen MR) is 77.4 cm³/mol. The summed E-state index contributed by atoms with van der Waals surface area (Å²) in [4.78, 5) is 7.03. The first kappa shape index (κ1) is 14.0. The summed E-state index contributed by atoms with van der Waals surface area (Å²) in [7, 11) is 0. The standard InChI is InChI=1S/C15H26N4O/c1-11(2)19(9-12-5-7-16-8-6-12)10-14-17-15(18-20-14)13-3-4-13/h11-13,16H,3-10H2,1-2H3. The normalized spacial score (nSPS) is 21.0. The van der Waals surface area contributed by atoms with Crippen molar-refractivity contribution >= 4 is 0 Å². The molecule has 112 valence electrons. The van der Waals surface area contributed by atoms with E-state index in [9.17, 15) is 0 Å². The van der Waals surface area contributed by atoms with E-state index in [1.165, 1.54) is 25.7 Å². The van der Waals surface area contributed by atoms with E-state index in [0.717, 1.165) is 43.8 Å². The van der Waals surface area contributed by atoms with Crippen LogP contribution < -0.4 is 5.32 Å². The number of nitrogens with zero attached hydrogens (tertiary/aromatic N) is 3. The van der Waals surface area contributed by atoms with Crippen molar-refractivity contribution < 1.29 is 4.52 Å². The molecule has 1 aliphatic heterocycles. The van der Waals surface area contributed by atoms with Crippen molar-refractivity contribution in [2.75, 3.05) is 19.6 Å². The molecule has 1 aromatic rings. The minimum atomic E-state index is 0.515. The molecule has 2 heterocycles. The van der Waals surface area contributed by atoms with E-state index in [1.807, 2.05) is 0 Å². The zero-order chi connectivity index (χ0) is 13.9. The Morgan fingerprint density at radius 2 is 2.00 bits per heavy atom. The zero-order valence-electron chi connectivity index (χ0n) is 12.6. The van der Waals surface area contributed by atoms with E-state index >= 15 is 0 Å². The van der Waals surface area contributed by atoms with Gasteiger partial charge >= 0.3 is 0 Å². The van der Waals surface area contributed by atoms with Crippen molar-refractivity contribution in [1.29, 1.82) is 0 Å². The summed E-state index contributed by atoms with van der Waals surface area (Å²) < 4.78 is 5.42. The quantitative estimate of drug-likeness (QED) is 0.864. The molecular formula is C15H26N4O. The lowest BCUT2D eigenvalue weighted by molar-refractivity contribution is 0.144. The second-order valence-electron chi connectivity index (χ2n) is 6.54. The largest absolute Gasteiger partial charge is 0.338 e. The molecule has 0 radical (unpaired) electrons. The summed E-state index contributed by atoms with van der Waals surface area (Å²) in [6.07, 6.45) is 5.00. The van der Waals surface area contributed by atoms with Crippen molar-refractivity contribution in [2.24, 2.45) is 5.92 Å².